The molecule has 1 aromatic heterocycles. The van der Waals surface area contributed by atoms with Crippen LogP contribution in [0.3, 0.4) is 0 Å². The Labute approximate surface area is 117 Å². The molecule has 1 N–H and O–H groups in total. The van der Waals surface area contributed by atoms with Crippen LogP contribution < -0.4 is 0 Å². The van der Waals surface area contributed by atoms with Gasteiger partial charge in [0.2, 0.25) is 0 Å². The molecule has 0 saturated carbocycles. The summed E-state index contributed by atoms with van der Waals surface area (Å²) in [7, 11) is 1.75. The van der Waals surface area contributed by atoms with Crippen LogP contribution in [0.4, 0.5) is 0 Å². The average molecular weight is 280 g/mol. The Bertz CT molecular complexity index is 477. The zero-order valence-corrected chi connectivity index (χ0v) is 11.6. The summed E-state index contributed by atoms with van der Waals surface area (Å²) in [5.41, 5.74) is 0.409. The predicted molar refractivity (Wildman–Crippen MR) is 72.6 cm³/mol. The van der Waals surface area contributed by atoms with Gasteiger partial charge in [-0.25, -0.2) is 0 Å². The highest BCUT2D eigenvalue weighted by atomic mass is 16.5. The number of aromatic nitrogens is 1. The first-order chi connectivity index (χ1) is 9.58. The molecular formula is C14H20N2O4. The Morgan fingerprint density at radius 1 is 1.55 bits per heavy atom. The van der Waals surface area contributed by atoms with Crippen LogP contribution in [0.1, 0.15) is 23.3 Å². The summed E-state index contributed by atoms with van der Waals surface area (Å²) in [6.45, 7) is 1.93. The number of carbonyl (C=O) groups is 2. The molecule has 1 aliphatic rings. The molecule has 0 aliphatic carbocycles. The van der Waals surface area contributed by atoms with E-state index in [0.717, 1.165) is 19.4 Å². The summed E-state index contributed by atoms with van der Waals surface area (Å²) in [6.07, 6.45) is 3.70. The molecule has 20 heavy (non-hydrogen) atoms. The quantitative estimate of drug-likeness (QED) is 0.875. The minimum absolute atomic E-state index is 0.151. The third-order valence-corrected chi connectivity index (χ3v) is 3.49. The second kappa shape index (κ2) is 6.56. The van der Waals surface area contributed by atoms with Crippen molar-refractivity contribution in [2.45, 2.75) is 19.4 Å². The average Bonchev–Trinajstić information content (AvgIpc) is 2.86. The number of nitrogens with zero attached hydrogens (tertiary/aromatic N) is 2. The summed E-state index contributed by atoms with van der Waals surface area (Å²) in [5.74, 6) is -0.749. The number of carbonyl (C=O) groups excluding carboxylic acids is 1. The van der Waals surface area contributed by atoms with Crippen molar-refractivity contribution in [3.05, 3.63) is 24.0 Å². The van der Waals surface area contributed by atoms with E-state index in [4.69, 9.17) is 9.84 Å². The van der Waals surface area contributed by atoms with Crippen LogP contribution in [-0.2, 0) is 16.1 Å². The highest BCUT2D eigenvalue weighted by molar-refractivity contribution is 5.93. The van der Waals surface area contributed by atoms with E-state index in [1.807, 2.05) is 0 Å². The molecule has 0 bridgehead atoms. The van der Waals surface area contributed by atoms with Gasteiger partial charge < -0.3 is 19.3 Å². The molecule has 1 amide bonds. The van der Waals surface area contributed by atoms with E-state index in [0.29, 0.717) is 24.8 Å². The Balaban J connectivity index is 1.99. The van der Waals surface area contributed by atoms with Crippen molar-refractivity contribution in [2.24, 2.45) is 5.92 Å². The smallest absolute Gasteiger partial charge is 0.323 e. The molecule has 6 nitrogen and oxygen atoms in total. The molecule has 1 unspecified atom stereocenters. The second-order valence-corrected chi connectivity index (χ2v) is 5.18. The summed E-state index contributed by atoms with van der Waals surface area (Å²) >= 11 is 0. The molecule has 1 aliphatic heterocycles. The fourth-order valence-corrected chi connectivity index (χ4v) is 2.51. The lowest BCUT2D eigenvalue weighted by Crippen LogP contribution is -2.36. The van der Waals surface area contributed by atoms with Crippen molar-refractivity contribution < 1.29 is 19.4 Å². The third kappa shape index (κ3) is 3.60. The van der Waals surface area contributed by atoms with Gasteiger partial charge in [-0.2, -0.15) is 0 Å². The van der Waals surface area contributed by atoms with Gasteiger partial charge in [0.25, 0.3) is 5.91 Å². The number of hydrogen-bond donors (Lipinski definition) is 1. The van der Waals surface area contributed by atoms with Gasteiger partial charge >= 0.3 is 5.97 Å². The van der Waals surface area contributed by atoms with Crippen LogP contribution in [-0.4, -0.2) is 53.3 Å². The van der Waals surface area contributed by atoms with Crippen molar-refractivity contribution >= 4 is 11.9 Å². The van der Waals surface area contributed by atoms with Crippen molar-refractivity contribution in [3.8, 4) is 0 Å². The van der Waals surface area contributed by atoms with Crippen LogP contribution in [0.2, 0.25) is 0 Å². The first kappa shape index (κ1) is 14.6. The molecule has 2 rings (SSSR count). The van der Waals surface area contributed by atoms with Gasteiger partial charge in [0.05, 0.1) is 6.61 Å². The lowest BCUT2D eigenvalue weighted by Gasteiger charge is -2.27. The lowest BCUT2D eigenvalue weighted by atomic mass is 10.0. The van der Waals surface area contributed by atoms with E-state index in [9.17, 15) is 9.59 Å². The van der Waals surface area contributed by atoms with Gasteiger partial charge in [-0.1, -0.05) is 0 Å². The van der Waals surface area contributed by atoms with Crippen LogP contribution in [0.5, 0.6) is 0 Å². The monoisotopic (exact) mass is 280 g/mol. The van der Waals surface area contributed by atoms with Crippen LogP contribution in [0, 0.1) is 5.92 Å². The second-order valence-electron chi connectivity index (χ2n) is 5.18. The fourth-order valence-electron chi connectivity index (χ4n) is 2.51. The van der Waals surface area contributed by atoms with Crippen molar-refractivity contribution in [3.63, 3.8) is 0 Å². The number of carboxylic acids is 1. The van der Waals surface area contributed by atoms with Gasteiger partial charge in [-0.3, -0.25) is 9.59 Å². The Morgan fingerprint density at radius 3 is 3.00 bits per heavy atom. The minimum atomic E-state index is -0.960. The topological polar surface area (TPSA) is 71.8 Å². The van der Waals surface area contributed by atoms with E-state index in [-0.39, 0.29) is 12.5 Å². The third-order valence-electron chi connectivity index (χ3n) is 3.49. The Hall–Kier alpha value is -1.82. The van der Waals surface area contributed by atoms with E-state index in [2.05, 4.69) is 0 Å². The number of ether oxygens (including phenoxy) is 1. The fraction of sp³-hybridized carbons (Fsp3) is 0.571. The normalized spacial score (nSPS) is 18.8. The van der Waals surface area contributed by atoms with Gasteiger partial charge in [0.15, 0.2) is 0 Å². The van der Waals surface area contributed by atoms with Crippen molar-refractivity contribution in [1.29, 1.82) is 0 Å². The van der Waals surface area contributed by atoms with Crippen LogP contribution in [0.15, 0.2) is 18.3 Å². The molecule has 1 aromatic rings. The van der Waals surface area contributed by atoms with Gasteiger partial charge in [0, 0.05) is 26.4 Å². The zero-order chi connectivity index (χ0) is 14.5. The first-order valence-corrected chi connectivity index (χ1v) is 6.78. The highest BCUT2D eigenvalue weighted by Gasteiger charge is 2.21. The molecule has 1 fully saturated rings. The summed E-state index contributed by atoms with van der Waals surface area (Å²) < 4.78 is 6.87. The van der Waals surface area contributed by atoms with Crippen molar-refractivity contribution in [1.82, 2.24) is 9.47 Å². The number of amides is 1. The largest absolute Gasteiger partial charge is 0.480 e. The maximum absolute atomic E-state index is 12.4. The molecule has 1 saturated heterocycles. The van der Waals surface area contributed by atoms with E-state index in [1.54, 1.807) is 30.3 Å². The molecule has 2 heterocycles. The summed E-state index contributed by atoms with van der Waals surface area (Å²) in [5, 5.41) is 8.83. The van der Waals surface area contributed by atoms with E-state index in [1.165, 1.54) is 4.57 Å². The number of hydrogen-bond acceptors (Lipinski definition) is 3. The van der Waals surface area contributed by atoms with Crippen LogP contribution in [0.25, 0.3) is 0 Å². The summed E-state index contributed by atoms with van der Waals surface area (Å²) in [6, 6.07) is 3.34. The Morgan fingerprint density at radius 2 is 2.35 bits per heavy atom. The molecule has 110 valence electrons. The maximum atomic E-state index is 12.4. The zero-order valence-electron chi connectivity index (χ0n) is 11.6. The molecule has 0 spiro atoms. The standard InChI is InChI=1S/C14H20N2O4/c1-15(8-11-4-3-7-20-10-11)14(19)12-5-2-6-16(12)9-13(17)18/h2,5-6,11H,3-4,7-10H2,1H3,(H,17,18). The molecule has 6 heteroatoms. The van der Waals surface area contributed by atoms with E-state index >= 15 is 0 Å². The molecule has 0 radical (unpaired) electrons. The maximum Gasteiger partial charge on any atom is 0.323 e. The minimum Gasteiger partial charge on any atom is -0.480 e. The highest BCUT2D eigenvalue weighted by Crippen LogP contribution is 2.16. The number of carboxylic acid groups (broad SMARTS) is 1. The van der Waals surface area contributed by atoms with Crippen LogP contribution >= 0.6 is 0 Å². The number of aliphatic carboxylic acids is 1. The van der Waals surface area contributed by atoms with E-state index < -0.39 is 5.97 Å². The van der Waals surface area contributed by atoms with Gasteiger partial charge in [-0.05, 0) is 30.9 Å². The van der Waals surface area contributed by atoms with Gasteiger partial charge in [-0.15, -0.1) is 0 Å². The first-order valence-electron chi connectivity index (χ1n) is 6.78. The molecule has 0 aromatic carbocycles. The number of rotatable bonds is 5. The molecular weight excluding hydrogens is 260 g/mol. The summed E-state index contributed by atoms with van der Waals surface area (Å²) in [4.78, 5) is 24.8. The van der Waals surface area contributed by atoms with Gasteiger partial charge in [0.1, 0.15) is 12.2 Å². The van der Waals surface area contributed by atoms with Crippen molar-refractivity contribution in [2.75, 3.05) is 26.8 Å². The lowest BCUT2D eigenvalue weighted by molar-refractivity contribution is -0.137. The Kier molecular flexibility index (Phi) is 4.79. The predicted octanol–water partition coefficient (Wildman–Crippen LogP) is 1.07. The SMILES string of the molecule is CN(CC1CCCOC1)C(=O)c1cccn1CC(=O)O. The molecule has 1 atom stereocenters.